The molecule has 0 aromatic heterocycles. The quantitative estimate of drug-likeness (QED) is 0.633. The van der Waals surface area contributed by atoms with Gasteiger partial charge in [-0.2, -0.15) is 0 Å². The summed E-state index contributed by atoms with van der Waals surface area (Å²) in [4.78, 5) is 0. The third-order valence-corrected chi connectivity index (χ3v) is 2.02. The zero-order valence-electron chi connectivity index (χ0n) is 6.90. The van der Waals surface area contributed by atoms with Gasteiger partial charge in [0.25, 0.3) is 0 Å². The molecule has 1 aliphatic heterocycles. The molecule has 0 spiro atoms. The fourth-order valence-electron chi connectivity index (χ4n) is 1.34. The van der Waals surface area contributed by atoms with Crippen LogP contribution in [0.4, 0.5) is 0 Å². The third-order valence-electron chi connectivity index (χ3n) is 2.02. The van der Waals surface area contributed by atoms with E-state index in [1.54, 1.807) is 0 Å². The van der Waals surface area contributed by atoms with Gasteiger partial charge in [-0.15, -0.1) is 0 Å². The molecule has 0 amide bonds. The van der Waals surface area contributed by atoms with Crippen LogP contribution in [0.25, 0.3) is 0 Å². The Labute approximate surface area is 68.5 Å². The van der Waals surface area contributed by atoms with Crippen LogP contribution in [0.2, 0.25) is 0 Å². The highest BCUT2D eigenvalue weighted by molar-refractivity contribution is 5.33. The number of nitrogens with one attached hydrogen (secondary N) is 1. The molecule has 11 heavy (non-hydrogen) atoms. The smallest absolute Gasteiger partial charge is 0.0208 e. The van der Waals surface area contributed by atoms with Crippen molar-refractivity contribution < 1.29 is 0 Å². The molecule has 0 aliphatic carbocycles. The minimum Gasteiger partial charge on any atom is -0.313 e. The second kappa shape index (κ2) is 4.14. The molecule has 1 rings (SSSR count). The highest BCUT2D eigenvalue weighted by atomic mass is 14.8. The van der Waals surface area contributed by atoms with E-state index in [4.69, 9.17) is 0 Å². The average Bonchev–Trinajstić information content (AvgIpc) is 2.27. The van der Waals surface area contributed by atoms with Crippen molar-refractivity contribution in [2.24, 2.45) is 0 Å². The Morgan fingerprint density at radius 1 is 1.18 bits per heavy atom. The van der Waals surface area contributed by atoms with Crippen LogP contribution in [0, 0.1) is 0 Å². The Morgan fingerprint density at radius 3 is 2.55 bits per heavy atom. The molecule has 0 radical (unpaired) electrons. The van der Waals surface area contributed by atoms with E-state index in [1.807, 2.05) is 12.2 Å². The molecule has 1 heteroatoms. The van der Waals surface area contributed by atoms with Gasteiger partial charge in [0.05, 0.1) is 0 Å². The summed E-state index contributed by atoms with van der Waals surface area (Å²) < 4.78 is 0. The Balaban J connectivity index is 2.79. The van der Waals surface area contributed by atoms with Gasteiger partial charge in [0.15, 0.2) is 0 Å². The molecule has 60 valence electrons. The van der Waals surface area contributed by atoms with E-state index in [1.165, 1.54) is 17.6 Å². The Morgan fingerprint density at radius 2 is 1.91 bits per heavy atom. The van der Waals surface area contributed by atoms with Crippen molar-refractivity contribution in [1.82, 2.24) is 5.32 Å². The summed E-state index contributed by atoms with van der Waals surface area (Å²) in [5.41, 5.74) is 2.66. The molecule has 0 aromatic carbocycles. The van der Waals surface area contributed by atoms with Crippen LogP contribution >= 0.6 is 0 Å². The monoisotopic (exact) mass is 149 g/mol. The lowest BCUT2D eigenvalue weighted by molar-refractivity contribution is 0.714. The summed E-state index contributed by atoms with van der Waals surface area (Å²) in [7, 11) is 0. The average molecular weight is 149 g/mol. The molecular weight excluding hydrogens is 134 g/mol. The fourth-order valence-corrected chi connectivity index (χ4v) is 1.34. The molecular formula is C10H15N. The highest BCUT2D eigenvalue weighted by Crippen LogP contribution is 2.14. The van der Waals surface area contributed by atoms with Crippen molar-refractivity contribution in [3.63, 3.8) is 0 Å². The first kappa shape index (κ1) is 8.28. The van der Waals surface area contributed by atoms with Crippen molar-refractivity contribution in [2.75, 3.05) is 13.1 Å². The largest absolute Gasteiger partial charge is 0.313 e. The maximum atomic E-state index is 3.79. The molecule has 1 aliphatic rings. The maximum absolute atomic E-state index is 3.79. The van der Waals surface area contributed by atoms with E-state index in [0.717, 1.165) is 19.5 Å². The Bertz CT molecular complexity index is 169. The Hall–Kier alpha value is -0.820. The topological polar surface area (TPSA) is 12.0 Å². The molecule has 1 N–H and O–H groups in total. The van der Waals surface area contributed by atoms with Gasteiger partial charge in [0, 0.05) is 6.54 Å². The highest BCUT2D eigenvalue weighted by Gasteiger charge is 2.04. The van der Waals surface area contributed by atoms with Gasteiger partial charge in [-0.25, -0.2) is 0 Å². The molecule has 1 nitrogen and oxygen atoms in total. The van der Waals surface area contributed by atoms with Gasteiger partial charge in [0.1, 0.15) is 0 Å². The number of rotatable bonds is 2. The first-order chi connectivity index (χ1) is 5.38. The van der Waals surface area contributed by atoms with Gasteiger partial charge in [-0.1, -0.05) is 25.3 Å². The number of allylic oxidation sites excluding steroid dienone is 2. The predicted octanol–water partition coefficient (Wildman–Crippen LogP) is 2.04. The summed E-state index contributed by atoms with van der Waals surface area (Å²) >= 11 is 0. The molecule has 0 fully saturated rings. The van der Waals surface area contributed by atoms with E-state index in [2.05, 4.69) is 18.5 Å². The zero-order chi connectivity index (χ0) is 8.10. The fraction of sp³-hybridized carbons (Fsp3) is 0.400. The Kier molecular flexibility index (Phi) is 3.12. The van der Waals surface area contributed by atoms with Crippen LogP contribution in [-0.4, -0.2) is 13.1 Å². The molecule has 0 unspecified atom stereocenters. The van der Waals surface area contributed by atoms with Crippen LogP contribution in [0.3, 0.4) is 0 Å². The van der Waals surface area contributed by atoms with Crippen molar-refractivity contribution in [2.45, 2.75) is 12.8 Å². The van der Waals surface area contributed by atoms with Crippen LogP contribution in [-0.2, 0) is 0 Å². The number of hydrogen-bond donors (Lipinski definition) is 1. The molecule has 1 heterocycles. The van der Waals surface area contributed by atoms with E-state index >= 15 is 0 Å². The molecule has 0 atom stereocenters. The summed E-state index contributed by atoms with van der Waals surface area (Å²) in [5, 5.41) is 3.34. The predicted molar refractivity (Wildman–Crippen MR) is 49.5 cm³/mol. The van der Waals surface area contributed by atoms with Gasteiger partial charge in [0.2, 0.25) is 0 Å². The molecule has 0 bridgehead atoms. The first-order valence-corrected chi connectivity index (χ1v) is 4.06. The van der Waals surface area contributed by atoms with E-state index < -0.39 is 0 Å². The van der Waals surface area contributed by atoms with E-state index in [9.17, 15) is 0 Å². The molecule has 0 saturated heterocycles. The summed E-state index contributed by atoms with van der Waals surface area (Å²) in [6.45, 7) is 9.62. The van der Waals surface area contributed by atoms with Crippen molar-refractivity contribution in [1.29, 1.82) is 0 Å². The van der Waals surface area contributed by atoms with Crippen LogP contribution < -0.4 is 5.32 Å². The minimum atomic E-state index is 0.949. The summed E-state index contributed by atoms with van der Waals surface area (Å²) in [6.07, 6.45) is 6.22. The SMILES string of the molecule is C=CC1=C(C=C)CNCCC1. The van der Waals surface area contributed by atoms with E-state index in [0.29, 0.717) is 0 Å². The second-order valence-electron chi connectivity index (χ2n) is 2.74. The molecule has 0 aromatic rings. The van der Waals surface area contributed by atoms with Gasteiger partial charge >= 0.3 is 0 Å². The van der Waals surface area contributed by atoms with Crippen LogP contribution in [0.5, 0.6) is 0 Å². The van der Waals surface area contributed by atoms with Crippen molar-refractivity contribution >= 4 is 0 Å². The van der Waals surface area contributed by atoms with Gasteiger partial charge in [-0.3, -0.25) is 0 Å². The zero-order valence-corrected chi connectivity index (χ0v) is 6.90. The van der Waals surface area contributed by atoms with Gasteiger partial charge in [-0.05, 0) is 30.5 Å². The molecule has 0 saturated carbocycles. The normalized spacial score (nSPS) is 19.3. The standard InChI is InChI=1S/C10H15N/c1-3-9-6-5-7-11-8-10(9)4-2/h3-4,11H,1-2,5-8H2. The summed E-state index contributed by atoms with van der Waals surface area (Å²) in [5.74, 6) is 0. The maximum Gasteiger partial charge on any atom is 0.0208 e. The van der Waals surface area contributed by atoms with Crippen LogP contribution in [0.1, 0.15) is 12.8 Å². The minimum absolute atomic E-state index is 0.949. The lowest BCUT2D eigenvalue weighted by atomic mass is 10.1. The number of hydrogen-bond acceptors (Lipinski definition) is 1. The van der Waals surface area contributed by atoms with Crippen molar-refractivity contribution in [3.05, 3.63) is 36.5 Å². The summed E-state index contributed by atoms with van der Waals surface area (Å²) in [6, 6.07) is 0. The third kappa shape index (κ3) is 2.05. The van der Waals surface area contributed by atoms with Crippen LogP contribution in [0.15, 0.2) is 36.5 Å². The van der Waals surface area contributed by atoms with Crippen molar-refractivity contribution in [3.8, 4) is 0 Å². The first-order valence-electron chi connectivity index (χ1n) is 4.06. The van der Waals surface area contributed by atoms with E-state index in [-0.39, 0.29) is 0 Å². The second-order valence-corrected chi connectivity index (χ2v) is 2.74. The lowest BCUT2D eigenvalue weighted by Crippen LogP contribution is -2.15. The lowest BCUT2D eigenvalue weighted by Gasteiger charge is -2.02. The van der Waals surface area contributed by atoms with Gasteiger partial charge < -0.3 is 5.32 Å².